The number of hydrogen-bond acceptors (Lipinski definition) is 5. The first kappa shape index (κ1) is 18.0. The molecular weight excluding hydrogens is 330 g/mol. The number of carbonyl (C=O) groups is 1. The molecule has 136 valence electrons. The lowest BCUT2D eigenvalue weighted by Gasteiger charge is -2.17. The summed E-state index contributed by atoms with van der Waals surface area (Å²) in [6, 6.07) is 9.86. The van der Waals surface area contributed by atoms with Gasteiger partial charge in [-0.05, 0) is 31.4 Å². The van der Waals surface area contributed by atoms with Gasteiger partial charge < -0.3 is 10.1 Å². The highest BCUT2D eigenvalue weighted by Gasteiger charge is 2.14. The van der Waals surface area contributed by atoms with Gasteiger partial charge >= 0.3 is 0 Å². The summed E-state index contributed by atoms with van der Waals surface area (Å²) in [6.07, 6.45) is 2.32. The SMILES string of the molecule is COC(CNC(=O)CCc1c(C)nc2ncnn2c1C)c1ccccc1. The average Bonchev–Trinajstić information content (AvgIpc) is 3.11. The Morgan fingerprint density at radius 1 is 1.27 bits per heavy atom. The third-order valence-corrected chi connectivity index (χ3v) is 4.53. The monoisotopic (exact) mass is 353 g/mol. The maximum absolute atomic E-state index is 12.3. The van der Waals surface area contributed by atoms with Gasteiger partial charge in [-0.2, -0.15) is 10.1 Å². The lowest BCUT2D eigenvalue weighted by molar-refractivity contribution is -0.121. The minimum atomic E-state index is -0.156. The Hall–Kier alpha value is -2.80. The van der Waals surface area contributed by atoms with Gasteiger partial charge in [0.2, 0.25) is 5.91 Å². The summed E-state index contributed by atoms with van der Waals surface area (Å²) in [4.78, 5) is 20.8. The van der Waals surface area contributed by atoms with Crippen LogP contribution in [-0.2, 0) is 16.0 Å². The van der Waals surface area contributed by atoms with Crippen molar-refractivity contribution in [1.29, 1.82) is 0 Å². The molecule has 0 aliphatic heterocycles. The largest absolute Gasteiger partial charge is 0.375 e. The van der Waals surface area contributed by atoms with Gasteiger partial charge in [-0.15, -0.1) is 0 Å². The third-order valence-electron chi connectivity index (χ3n) is 4.53. The van der Waals surface area contributed by atoms with E-state index < -0.39 is 0 Å². The van der Waals surface area contributed by atoms with E-state index >= 15 is 0 Å². The number of aryl methyl sites for hydroxylation is 2. The van der Waals surface area contributed by atoms with Crippen LogP contribution in [-0.4, -0.2) is 39.1 Å². The maximum Gasteiger partial charge on any atom is 0.252 e. The number of methoxy groups -OCH3 is 1. The highest BCUT2D eigenvalue weighted by Crippen LogP contribution is 2.16. The number of rotatable bonds is 7. The Morgan fingerprint density at radius 2 is 2.04 bits per heavy atom. The second-order valence-electron chi connectivity index (χ2n) is 6.17. The predicted octanol–water partition coefficient (Wildman–Crippen LogP) is 2.18. The van der Waals surface area contributed by atoms with Gasteiger partial charge in [-0.25, -0.2) is 9.50 Å². The number of carbonyl (C=O) groups excluding carboxylic acids is 1. The number of fused-ring (bicyclic) bond motifs is 1. The summed E-state index contributed by atoms with van der Waals surface area (Å²) in [5.41, 5.74) is 3.93. The van der Waals surface area contributed by atoms with E-state index in [1.54, 1.807) is 11.6 Å². The van der Waals surface area contributed by atoms with Crippen molar-refractivity contribution in [3.63, 3.8) is 0 Å². The minimum Gasteiger partial charge on any atom is -0.375 e. The Balaban J connectivity index is 1.59. The van der Waals surface area contributed by atoms with Crippen molar-refractivity contribution in [2.75, 3.05) is 13.7 Å². The van der Waals surface area contributed by atoms with Crippen molar-refractivity contribution >= 4 is 11.7 Å². The Bertz CT molecular complexity index is 892. The van der Waals surface area contributed by atoms with E-state index in [2.05, 4.69) is 20.4 Å². The fourth-order valence-corrected chi connectivity index (χ4v) is 3.06. The first-order chi connectivity index (χ1) is 12.6. The predicted molar refractivity (Wildman–Crippen MR) is 97.8 cm³/mol. The molecule has 2 aromatic heterocycles. The van der Waals surface area contributed by atoms with Crippen LogP contribution in [0.25, 0.3) is 5.78 Å². The van der Waals surface area contributed by atoms with Gasteiger partial charge in [0, 0.05) is 31.5 Å². The van der Waals surface area contributed by atoms with Crippen LogP contribution in [0.15, 0.2) is 36.7 Å². The molecule has 0 saturated heterocycles. The molecule has 1 aromatic carbocycles. The van der Waals surface area contributed by atoms with Crippen LogP contribution in [0.5, 0.6) is 0 Å². The van der Waals surface area contributed by atoms with E-state index in [-0.39, 0.29) is 12.0 Å². The van der Waals surface area contributed by atoms with Crippen LogP contribution in [0.3, 0.4) is 0 Å². The summed E-state index contributed by atoms with van der Waals surface area (Å²) < 4.78 is 7.19. The van der Waals surface area contributed by atoms with E-state index in [1.165, 1.54) is 6.33 Å². The second kappa shape index (κ2) is 8.05. The molecular formula is C19H23N5O2. The van der Waals surface area contributed by atoms with Gasteiger partial charge in [-0.1, -0.05) is 30.3 Å². The first-order valence-corrected chi connectivity index (χ1v) is 8.60. The van der Waals surface area contributed by atoms with Crippen LogP contribution >= 0.6 is 0 Å². The number of amides is 1. The molecule has 7 nitrogen and oxygen atoms in total. The van der Waals surface area contributed by atoms with Gasteiger partial charge in [0.15, 0.2) is 0 Å². The molecule has 3 rings (SSSR count). The van der Waals surface area contributed by atoms with E-state index in [1.807, 2.05) is 44.2 Å². The number of aromatic nitrogens is 4. The summed E-state index contributed by atoms with van der Waals surface area (Å²) in [7, 11) is 1.65. The smallest absolute Gasteiger partial charge is 0.252 e. The molecule has 0 fully saturated rings. The molecule has 3 aromatic rings. The van der Waals surface area contributed by atoms with E-state index in [0.29, 0.717) is 25.2 Å². The molecule has 0 radical (unpaired) electrons. The Kier molecular flexibility index (Phi) is 5.58. The van der Waals surface area contributed by atoms with Gasteiger partial charge in [0.1, 0.15) is 6.33 Å². The molecule has 0 saturated carbocycles. The maximum atomic E-state index is 12.3. The van der Waals surface area contributed by atoms with Crippen molar-refractivity contribution < 1.29 is 9.53 Å². The fraction of sp³-hybridized carbons (Fsp3) is 0.368. The highest BCUT2D eigenvalue weighted by atomic mass is 16.5. The lowest BCUT2D eigenvalue weighted by Crippen LogP contribution is -2.29. The standard InChI is InChI=1S/C19H23N5O2/c1-13-16(14(2)24-19(23-13)21-12-22-24)9-10-18(25)20-11-17(26-3)15-7-5-4-6-8-15/h4-8,12,17H,9-11H2,1-3H3,(H,20,25). The molecule has 0 aliphatic rings. The normalized spacial score (nSPS) is 12.3. The zero-order valence-electron chi connectivity index (χ0n) is 15.3. The molecule has 26 heavy (non-hydrogen) atoms. The number of nitrogens with one attached hydrogen (secondary N) is 1. The van der Waals surface area contributed by atoms with E-state index in [4.69, 9.17) is 4.74 Å². The Morgan fingerprint density at radius 3 is 2.77 bits per heavy atom. The topological polar surface area (TPSA) is 81.4 Å². The number of benzene rings is 1. The summed E-state index contributed by atoms with van der Waals surface area (Å²) >= 11 is 0. The zero-order valence-corrected chi connectivity index (χ0v) is 15.3. The van der Waals surface area contributed by atoms with Crippen molar-refractivity contribution in [1.82, 2.24) is 24.9 Å². The van der Waals surface area contributed by atoms with Crippen molar-refractivity contribution in [3.05, 3.63) is 59.2 Å². The molecule has 1 amide bonds. The van der Waals surface area contributed by atoms with Crippen molar-refractivity contribution in [3.8, 4) is 0 Å². The van der Waals surface area contributed by atoms with E-state index in [9.17, 15) is 4.79 Å². The van der Waals surface area contributed by atoms with Crippen LogP contribution in [0.2, 0.25) is 0 Å². The quantitative estimate of drug-likeness (QED) is 0.704. The lowest BCUT2D eigenvalue weighted by atomic mass is 10.1. The van der Waals surface area contributed by atoms with Crippen LogP contribution < -0.4 is 5.32 Å². The first-order valence-electron chi connectivity index (χ1n) is 8.60. The molecule has 1 N–H and O–H groups in total. The van der Waals surface area contributed by atoms with E-state index in [0.717, 1.165) is 22.5 Å². The van der Waals surface area contributed by atoms with Crippen molar-refractivity contribution in [2.24, 2.45) is 0 Å². The van der Waals surface area contributed by atoms with Crippen LogP contribution in [0.1, 0.15) is 35.0 Å². The molecule has 1 atom stereocenters. The third kappa shape index (κ3) is 3.88. The number of hydrogen-bond donors (Lipinski definition) is 1. The minimum absolute atomic E-state index is 0.0135. The molecule has 0 spiro atoms. The summed E-state index contributed by atoms with van der Waals surface area (Å²) in [6.45, 7) is 4.35. The Labute approximate surface area is 152 Å². The fourth-order valence-electron chi connectivity index (χ4n) is 3.06. The molecule has 1 unspecified atom stereocenters. The molecule has 2 heterocycles. The number of ether oxygens (including phenoxy) is 1. The van der Waals surface area contributed by atoms with Gasteiger partial charge in [-0.3, -0.25) is 4.79 Å². The highest BCUT2D eigenvalue weighted by molar-refractivity contribution is 5.76. The zero-order chi connectivity index (χ0) is 18.5. The molecule has 0 aliphatic carbocycles. The second-order valence-corrected chi connectivity index (χ2v) is 6.17. The average molecular weight is 353 g/mol. The van der Waals surface area contributed by atoms with Crippen LogP contribution in [0, 0.1) is 13.8 Å². The summed E-state index contributed by atoms with van der Waals surface area (Å²) in [5.74, 6) is 0.569. The molecule has 0 bridgehead atoms. The molecule has 7 heteroatoms. The van der Waals surface area contributed by atoms with Crippen molar-refractivity contribution in [2.45, 2.75) is 32.8 Å². The van der Waals surface area contributed by atoms with Gasteiger partial charge in [0.25, 0.3) is 5.78 Å². The van der Waals surface area contributed by atoms with Crippen LogP contribution in [0.4, 0.5) is 0 Å². The van der Waals surface area contributed by atoms with Gasteiger partial charge in [0.05, 0.1) is 6.10 Å². The summed E-state index contributed by atoms with van der Waals surface area (Å²) in [5, 5.41) is 7.13. The number of nitrogens with zero attached hydrogens (tertiary/aromatic N) is 4.